The van der Waals surface area contributed by atoms with Gasteiger partial charge in [-0.25, -0.2) is 4.79 Å². The summed E-state index contributed by atoms with van der Waals surface area (Å²) in [7, 11) is 0. The number of carbonyl (C=O) groups excluding carboxylic acids is 1. The molecule has 24 heavy (non-hydrogen) atoms. The Kier molecular flexibility index (Phi) is 6.46. The Balaban J connectivity index is 1.85. The molecule has 0 amide bonds. The van der Waals surface area contributed by atoms with Gasteiger partial charge in [-0.1, -0.05) is 60.3 Å². The van der Waals surface area contributed by atoms with Crippen molar-refractivity contribution in [2.45, 2.75) is 25.9 Å². The van der Waals surface area contributed by atoms with Crippen molar-refractivity contribution in [2.75, 3.05) is 0 Å². The summed E-state index contributed by atoms with van der Waals surface area (Å²) in [6.07, 6.45) is 0.136. The third-order valence-electron chi connectivity index (χ3n) is 3.53. The third kappa shape index (κ3) is 5.48. The molecule has 0 heterocycles. The molecule has 2 rings (SSSR count). The van der Waals surface area contributed by atoms with Gasteiger partial charge in [0.15, 0.2) is 0 Å². The average molecular weight is 323 g/mol. The molecule has 0 bridgehead atoms. The first kappa shape index (κ1) is 17.6. The monoisotopic (exact) mass is 323 g/mol. The van der Waals surface area contributed by atoms with Gasteiger partial charge in [-0.15, -0.1) is 0 Å². The molecular weight excluding hydrogens is 302 g/mol. The number of nitrogens with zero attached hydrogens (tertiary/aromatic N) is 1. The Morgan fingerprint density at radius 2 is 1.71 bits per heavy atom. The van der Waals surface area contributed by atoms with Gasteiger partial charge in [0, 0.05) is 6.42 Å². The first-order valence-electron chi connectivity index (χ1n) is 7.76. The minimum atomic E-state index is -0.732. The second-order valence-corrected chi connectivity index (χ2v) is 5.61. The molecule has 1 atom stereocenters. The zero-order valence-corrected chi connectivity index (χ0v) is 13.7. The summed E-state index contributed by atoms with van der Waals surface area (Å²) in [5.74, 6) is -0.521. The maximum Gasteiger partial charge on any atom is 0.365 e. The van der Waals surface area contributed by atoms with Gasteiger partial charge in [0.1, 0.15) is 0 Å². The standard InChI is InChI=1S/C20H21NO3/c1-15(13-17-9-5-3-6-10-17)19(22)14-16(2)21-24-20(23)18-11-7-4-8-12-18/h3-12,19,22H,1,13-14H2,2H3. The number of rotatable bonds is 7. The summed E-state index contributed by atoms with van der Waals surface area (Å²) in [5.41, 5.74) is 2.75. The van der Waals surface area contributed by atoms with E-state index in [1.807, 2.05) is 36.4 Å². The molecule has 0 aromatic heterocycles. The lowest BCUT2D eigenvalue weighted by Gasteiger charge is -2.13. The molecule has 0 saturated heterocycles. The van der Waals surface area contributed by atoms with Crippen molar-refractivity contribution >= 4 is 11.7 Å². The van der Waals surface area contributed by atoms with Gasteiger partial charge in [-0.05, 0) is 36.6 Å². The van der Waals surface area contributed by atoms with Gasteiger partial charge >= 0.3 is 5.97 Å². The Hall–Kier alpha value is -2.72. The Morgan fingerprint density at radius 1 is 1.12 bits per heavy atom. The normalized spacial score (nSPS) is 12.5. The maximum atomic E-state index is 11.8. The molecule has 4 nitrogen and oxygen atoms in total. The van der Waals surface area contributed by atoms with Gasteiger partial charge < -0.3 is 9.94 Å². The van der Waals surface area contributed by atoms with Crippen LogP contribution in [0.15, 0.2) is 78.0 Å². The van der Waals surface area contributed by atoms with Gasteiger partial charge in [-0.3, -0.25) is 0 Å². The highest BCUT2D eigenvalue weighted by Gasteiger charge is 2.12. The van der Waals surface area contributed by atoms with E-state index in [0.29, 0.717) is 23.3 Å². The third-order valence-corrected chi connectivity index (χ3v) is 3.53. The van der Waals surface area contributed by atoms with Crippen LogP contribution in [0.4, 0.5) is 0 Å². The van der Waals surface area contributed by atoms with Crippen molar-refractivity contribution in [2.24, 2.45) is 5.16 Å². The highest BCUT2D eigenvalue weighted by molar-refractivity contribution is 5.90. The zero-order chi connectivity index (χ0) is 17.4. The minimum Gasteiger partial charge on any atom is -0.388 e. The number of hydrogen-bond donors (Lipinski definition) is 1. The van der Waals surface area contributed by atoms with E-state index in [1.54, 1.807) is 31.2 Å². The minimum absolute atomic E-state index is 0.272. The number of carbonyl (C=O) groups is 1. The zero-order valence-electron chi connectivity index (χ0n) is 13.7. The first-order chi connectivity index (χ1) is 11.6. The lowest BCUT2D eigenvalue weighted by atomic mass is 9.99. The molecule has 2 aromatic carbocycles. The van der Waals surface area contributed by atoms with Crippen LogP contribution in [0.1, 0.15) is 29.3 Å². The van der Waals surface area contributed by atoms with Crippen molar-refractivity contribution in [3.8, 4) is 0 Å². The van der Waals surface area contributed by atoms with Gasteiger partial charge in [0.05, 0.1) is 17.4 Å². The fourth-order valence-electron chi connectivity index (χ4n) is 2.18. The highest BCUT2D eigenvalue weighted by Crippen LogP contribution is 2.13. The van der Waals surface area contributed by atoms with Crippen LogP contribution in [0, 0.1) is 0 Å². The summed E-state index contributed by atoms with van der Waals surface area (Å²) < 4.78 is 0. The van der Waals surface area contributed by atoms with Crippen molar-refractivity contribution in [3.05, 3.63) is 83.9 Å². The van der Waals surface area contributed by atoms with E-state index in [1.165, 1.54) is 0 Å². The molecule has 2 aromatic rings. The Morgan fingerprint density at radius 3 is 2.33 bits per heavy atom. The second kappa shape index (κ2) is 8.79. The molecule has 124 valence electrons. The summed E-state index contributed by atoms with van der Waals surface area (Å²) in [4.78, 5) is 16.7. The van der Waals surface area contributed by atoms with E-state index >= 15 is 0 Å². The SMILES string of the molecule is C=C(Cc1ccccc1)C(O)CC(C)=NOC(=O)c1ccccc1. The lowest BCUT2D eigenvalue weighted by molar-refractivity contribution is 0.0513. The van der Waals surface area contributed by atoms with Crippen molar-refractivity contribution in [1.29, 1.82) is 0 Å². The van der Waals surface area contributed by atoms with Crippen LogP contribution in [0.3, 0.4) is 0 Å². The number of hydrogen-bond acceptors (Lipinski definition) is 4. The van der Waals surface area contributed by atoms with E-state index < -0.39 is 12.1 Å². The van der Waals surface area contributed by atoms with Gasteiger partial charge in [0.2, 0.25) is 0 Å². The van der Waals surface area contributed by atoms with Crippen LogP contribution >= 0.6 is 0 Å². The van der Waals surface area contributed by atoms with Gasteiger partial charge in [-0.2, -0.15) is 0 Å². The summed E-state index contributed by atoms with van der Waals surface area (Å²) in [6, 6.07) is 18.5. The average Bonchev–Trinajstić information content (AvgIpc) is 2.61. The van der Waals surface area contributed by atoms with Crippen LogP contribution in [-0.4, -0.2) is 22.9 Å². The van der Waals surface area contributed by atoms with E-state index in [2.05, 4.69) is 11.7 Å². The molecule has 4 heteroatoms. The number of benzene rings is 2. The van der Waals surface area contributed by atoms with E-state index in [0.717, 1.165) is 5.56 Å². The van der Waals surface area contributed by atoms with Crippen LogP contribution in [0.5, 0.6) is 0 Å². The molecule has 0 saturated carbocycles. The predicted molar refractivity (Wildman–Crippen MR) is 94.9 cm³/mol. The second-order valence-electron chi connectivity index (χ2n) is 5.61. The maximum absolute atomic E-state index is 11.8. The molecule has 0 aliphatic rings. The predicted octanol–water partition coefficient (Wildman–Crippen LogP) is 3.77. The number of aliphatic hydroxyl groups excluding tert-OH is 1. The first-order valence-corrected chi connectivity index (χ1v) is 7.76. The molecule has 1 unspecified atom stereocenters. The van der Waals surface area contributed by atoms with Crippen LogP contribution in [0.25, 0.3) is 0 Å². The molecule has 0 fully saturated rings. The quantitative estimate of drug-likeness (QED) is 0.365. The van der Waals surface area contributed by atoms with Crippen molar-refractivity contribution in [1.82, 2.24) is 0 Å². The fourth-order valence-corrected chi connectivity index (χ4v) is 2.18. The molecular formula is C20H21NO3. The van der Waals surface area contributed by atoms with E-state index in [4.69, 9.17) is 4.84 Å². The number of aliphatic hydroxyl groups is 1. The molecule has 0 aliphatic heterocycles. The summed E-state index contributed by atoms with van der Waals surface area (Å²) >= 11 is 0. The van der Waals surface area contributed by atoms with E-state index in [-0.39, 0.29) is 6.42 Å². The van der Waals surface area contributed by atoms with Crippen LogP contribution in [0.2, 0.25) is 0 Å². The topological polar surface area (TPSA) is 58.9 Å². The van der Waals surface area contributed by atoms with Crippen LogP contribution in [-0.2, 0) is 11.3 Å². The molecule has 1 N–H and O–H groups in total. The highest BCUT2D eigenvalue weighted by atomic mass is 16.7. The van der Waals surface area contributed by atoms with Crippen LogP contribution < -0.4 is 0 Å². The molecule has 0 aliphatic carbocycles. The molecule has 0 spiro atoms. The fraction of sp³-hybridized carbons (Fsp3) is 0.200. The summed E-state index contributed by atoms with van der Waals surface area (Å²) in [5, 5.41) is 14.0. The summed E-state index contributed by atoms with van der Waals surface area (Å²) in [6.45, 7) is 5.64. The Labute approximate surface area is 142 Å². The van der Waals surface area contributed by atoms with Gasteiger partial charge in [0.25, 0.3) is 0 Å². The van der Waals surface area contributed by atoms with E-state index in [9.17, 15) is 9.90 Å². The molecule has 0 radical (unpaired) electrons. The van der Waals surface area contributed by atoms with Crippen molar-refractivity contribution < 1.29 is 14.7 Å². The Bertz CT molecular complexity index is 708. The largest absolute Gasteiger partial charge is 0.388 e. The lowest BCUT2D eigenvalue weighted by Crippen LogP contribution is -2.16. The number of oxime groups is 1. The van der Waals surface area contributed by atoms with Crippen molar-refractivity contribution in [3.63, 3.8) is 0 Å². The smallest absolute Gasteiger partial charge is 0.365 e.